The second-order valence-corrected chi connectivity index (χ2v) is 2.28. The molecule has 2 aromatic rings. The summed E-state index contributed by atoms with van der Waals surface area (Å²) in [5.41, 5.74) is 10.5. The zero-order chi connectivity index (χ0) is 9.52. The van der Waals surface area contributed by atoms with E-state index >= 15 is 0 Å². The van der Waals surface area contributed by atoms with E-state index < -0.39 is 0 Å². The number of nitrogens with two attached hydrogens (primary N) is 2. The number of pyridine rings is 1. The van der Waals surface area contributed by atoms with E-state index in [0.29, 0.717) is 11.6 Å². The van der Waals surface area contributed by atoms with Crippen LogP contribution in [0.5, 0.6) is 0 Å². The van der Waals surface area contributed by atoms with Crippen LogP contribution in [-0.4, -0.2) is 4.98 Å². The average Bonchev–Trinajstić information content (AvgIpc) is 2.59. The Labute approximate surface area is 76.2 Å². The molecule has 4 heteroatoms. The summed E-state index contributed by atoms with van der Waals surface area (Å²) in [5, 5.41) is 0. The molecule has 0 unspecified atom stereocenters. The maximum absolute atomic E-state index is 5.27. The van der Waals surface area contributed by atoms with Gasteiger partial charge in [-0.25, -0.2) is 4.98 Å². The molecule has 0 aliphatic carbocycles. The summed E-state index contributed by atoms with van der Waals surface area (Å²) < 4.78 is 4.58. The predicted molar refractivity (Wildman–Crippen MR) is 51.8 cm³/mol. The van der Waals surface area contributed by atoms with E-state index in [1.807, 2.05) is 12.1 Å². The standard InChI is InChI=1S/C5H7N3.C4H4O/c6-4-2-1-3-5(7)8-4;1-2-4-5-3-1/h1-3H,(H4,6,7,8);1-4H. The third kappa shape index (κ3) is 3.81. The first-order chi connectivity index (χ1) is 6.29. The van der Waals surface area contributed by atoms with Crippen molar-refractivity contribution in [1.82, 2.24) is 4.98 Å². The van der Waals surface area contributed by atoms with E-state index in [0.717, 1.165) is 0 Å². The average molecular weight is 177 g/mol. The van der Waals surface area contributed by atoms with Gasteiger partial charge in [0.25, 0.3) is 0 Å². The van der Waals surface area contributed by atoms with Crippen LogP contribution in [0.15, 0.2) is 47.3 Å². The van der Waals surface area contributed by atoms with Crippen LogP contribution >= 0.6 is 0 Å². The van der Waals surface area contributed by atoms with Crippen LogP contribution in [-0.2, 0) is 0 Å². The van der Waals surface area contributed by atoms with Crippen LogP contribution in [0, 0.1) is 0 Å². The summed E-state index contributed by atoms with van der Waals surface area (Å²) in [4.78, 5) is 3.73. The Morgan fingerprint density at radius 1 is 0.923 bits per heavy atom. The Kier molecular flexibility index (Phi) is 3.38. The number of nitrogen functional groups attached to an aromatic ring is 2. The molecule has 0 spiro atoms. The van der Waals surface area contributed by atoms with E-state index in [2.05, 4.69) is 9.40 Å². The second-order valence-electron chi connectivity index (χ2n) is 2.28. The molecule has 0 saturated carbocycles. The maximum atomic E-state index is 5.27. The monoisotopic (exact) mass is 177 g/mol. The van der Waals surface area contributed by atoms with Gasteiger partial charge in [-0.05, 0) is 24.3 Å². The summed E-state index contributed by atoms with van der Waals surface area (Å²) >= 11 is 0. The third-order valence-electron chi connectivity index (χ3n) is 1.22. The number of aromatic nitrogens is 1. The van der Waals surface area contributed by atoms with Crippen molar-refractivity contribution < 1.29 is 4.42 Å². The highest BCUT2D eigenvalue weighted by molar-refractivity contribution is 5.37. The zero-order valence-electron chi connectivity index (χ0n) is 7.05. The highest BCUT2D eigenvalue weighted by atomic mass is 16.3. The second kappa shape index (κ2) is 4.82. The molecule has 0 aliphatic heterocycles. The molecule has 0 radical (unpaired) electrons. The number of rotatable bonds is 0. The van der Waals surface area contributed by atoms with Gasteiger partial charge in [-0.2, -0.15) is 0 Å². The first kappa shape index (κ1) is 9.12. The van der Waals surface area contributed by atoms with Crippen LogP contribution in [0.2, 0.25) is 0 Å². The van der Waals surface area contributed by atoms with Crippen molar-refractivity contribution in [2.45, 2.75) is 0 Å². The number of hydrogen-bond acceptors (Lipinski definition) is 4. The molecule has 2 heterocycles. The fraction of sp³-hybridized carbons (Fsp3) is 0. The van der Waals surface area contributed by atoms with Crippen LogP contribution in [0.3, 0.4) is 0 Å². The van der Waals surface area contributed by atoms with Gasteiger partial charge < -0.3 is 15.9 Å². The topological polar surface area (TPSA) is 78.1 Å². The Morgan fingerprint density at radius 3 is 1.69 bits per heavy atom. The number of furan rings is 1. The van der Waals surface area contributed by atoms with Crippen LogP contribution in [0.25, 0.3) is 0 Å². The molecule has 0 amide bonds. The fourth-order valence-electron chi connectivity index (χ4n) is 0.696. The normalized spacial score (nSPS) is 8.62. The Balaban J connectivity index is 0.000000145. The molecule has 0 aliphatic rings. The minimum atomic E-state index is 0.463. The molecule has 0 fully saturated rings. The van der Waals surface area contributed by atoms with E-state index in [1.54, 1.807) is 30.7 Å². The lowest BCUT2D eigenvalue weighted by Crippen LogP contribution is -1.93. The summed E-state index contributed by atoms with van der Waals surface area (Å²) in [6.45, 7) is 0. The molecule has 0 saturated heterocycles. The minimum Gasteiger partial charge on any atom is -0.473 e. The molecule has 4 nitrogen and oxygen atoms in total. The number of hydrogen-bond donors (Lipinski definition) is 2. The van der Waals surface area contributed by atoms with E-state index in [-0.39, 0.29) is 0 Å². The van der Waals surface area contributed by atoms with Crippen LogP contribution in [0.4, 0.5) is 11.6 Å². The molecule has 0 bridgehead atoms. The Bertz CT molecular complexity index is 298. The molecule has 2 aromatic heterocycles. The van der Waals surface area contributed by atoms with Gasteiger partial charge in [0.1, 0.15) is 11.6 Å². The van der Waals surface area contributed by atoms with Gasteiger partial charge >= 0.3 is 0 Å². The highest BCUT2D eigenvalue weighted by Gasteiger charge is 1.83. The minimum absolute atomic E-state index is 0.463. The van der Waals surface area contributed by atoms with Gasteiger partial charge in [-0.3, -0.25) is 0 Å². The molecule has 2 rings (SSSR count). The Morgan fingerprint density at radius 2 is 1.46 bits per heavy atom. The van der Waals surface area contributed by atoms with Gasteiger partial charge in [0.15, 0.2) is 0 Å². The SMILES string of the molecule is Nc1cccc(N)n1.c1ccoc1. The van der Waals surface area contributed by atoms with Crippen LogP contribution < -0.4 is 11.5 Å². The highest BCUT2D eigenvalue weighted by Crippen LogP contribution is 1.99. The smallest absolute Gasteiger partial charge is 0.125 e. The molecular formula is C9H11N3O. The van der Waals surface area contributed by atoms with Crippen molar-refractivity contribution >= 4 is 11.6 Å². The molecule has 0 aromatic carbocycles. The van der Waals surface area contributed by atoms with Crippen molar-refractivity contribution in [3.05, 3.63) is 42.9 Å². The fourth-order valence-corrected chi connectivity index (χ4v) is 0.696. The molecule has 13 heavy (non-hydrogen) atoms. The van der Waals surface area contributed by atoms with Crippen LogP contribution in [0.1, 0.15) is 0 Å². The number of anilines is 2. The summed E-state index contributed by atoms with van der Waals surface area (Å²) in [6, 6.07) is 8.81. The number of nitrogens with zero attached hydrogens (tertiary/aromatic N) is 1. The van der Waals surface area contributed by atoms with E-state index in [4.69, 9.17) is 11.5 Å². The predicted octanol–water partition coefficient (Wildman–Crippen LogP) is 1.53. The van der Waals surface area contributed by atoms with Crippen molar-refractivity contribution in [1.29, 1.82) is 0 Å². The van der Waals surface area contributed by atoms with Crippen molar-refractivity contribution in [2.24, 2.45) is 0 Å². The third-order valence-corrected chi connectivity index (χ3v) is 1.22. The first-order valence-corrected chi connectivity index (χ1v) is 3.74. The van der Waals surface area contributed by atoms with Crippen molar-refractivity contribution in [3.8, 4) is 0 Å². The Hall–Kier alpha value is -1.97. The summed E-state index contributed by atoms with van der Waals surface area (Å²) in [7, 11) is 0. The van der Waals surface area contributed by atoms with Crippen molar-refractivity contribution in [3.63, 3.8) is 0 Å². The summed E-state index contributed by atoms with van der Waals surface area (Å²) in [5.74, 6) is 0.926. The van der Waals surface area contributed by atoms with E-state index in [9.17, 15) is 0 Å². The largest absolute Gasteiger partial charge is 0.473 e. The molecule has 68 valence electrons. The maximum Gasteiger partial charge on any atom is 0.125 e. The quantitative estimate of drug-likeness (QED) is 0.639. The van der Waals surface area contributed by atoms with Crippen molar-refractivity contribution in [2.75, 3.05) is 11.5 Å². The lowest BCUT2D eigenvalue weighted by Gasteiger charge is -1.90. The van der Waals surface area contributed by atoms with Gasteiger partial charge in [-0.15, -0.1) is 0 Å². The summed E-state index contributed by atoms with van der Waals surface area (Å²) in [6.07, 6.45) is 3.25. The first-order valence-electron chi connectivity index (χ1n) is 3.74. The van der Waals surface area contributed by atoms with Gasteiger partial charge in [-0.1, -0.05) is 6.07 Å². The van der Waals surface area contributed by atoms with Gasteiger partial charge in [0.2, 0.25) is 0 Å². The van der Waals surface area contributed by atoms with E-state index in [1.165, 1.54) is 0 Å². The van der Waals surface area contributed by atoms with Gasteiger partial charge in [0, 0.05) is 0 Å². The zero-order valence-corrected chi connectivity index (χ0v) is 7.05. The molecular weight excluding hydrogens is 166 g/mol. The lowest BCUT2D eigenvalue weighted by molar-refractivity contribution is 0.567. The molecule has 4 N–H and O–H groups in total. The van der Waals surface area contributed by atoms with Gasteiger partial charge in [0.05, 0.1) is 12.5 Å². The lowest BCUT2D eigenvalue weighted by atomic mass is 10.4. The molecule has 0 atom stereocenters.